The van der Waals surface area contributed by atoms with Crippen molar-refractivity contribution >= 4 is 38.9 Å². The number of anilines is 2. The molecule has 182 valence electrons. The minimum atomic E-state index is -3.59. The van der Waals surface area contributed by atoms with Crippen LogP contribution in [-0.4, -0.2) is 45.9 Å². The molecule has 2 aromatic carbocycles. The van der Waals surface area contributed by atoms with Gasteiger partial charge in [0.25, 0.3) is 5.91 Å². The number of nitrogens with one attached hydrogen (secondary N) is 2. The Balaban J connectivity index is 1.40. The number of benzene rings is 2. The summed E-state index contributed by atoms with van der Waals surface area (Å²) in [5, 5.41) is 3.88. The summed E-state index contributed by atoms with van der Waals surface area (Å²) in [6.45, 7) is 7.43. The second-order valence-electron chi connectivity index (χ2n) is 10.0. The van der Waals surface area contributed by atoms with E-state index in [0.717, 1.165) is 60.2 Å². The first kappa shape index (κ1) is 23.5. The smallest absolute Gasteiger partial charge is 0.264 e. The van der Waals surface area contributed by atoms with Crippen LogP contribution in [0.15, 0.2) is 36.4 Å². The van der Waals surface area contributed by atoms with Crippen LogP contribution >= 0.6 is 11.6 Å². The van der Waals surface area contributed by atoms with Gasteiger partial charge in [-0.15, -0.1) is 0 Å². The lowest BCUT2D eigenvalue weighted by atomic mass is 9.73. The highest BCUT2D eigenvalue weighted by atomic mass is 35.5. The zero-order valence-electron chi connectivity index (χ0n) is 19.4. The minimum Gasteiger partial charge on any atom is -0.378 e. The van der Waals surface area contributed by atoms with Gasteiger partial charge in [0.2, 0.25) is 10.0 Å². The van der Waals surface area contributed by atoms with Crippen molar-refractivity contribution in [2.24, 2.45) is 0 Å². The molecule has 2 fully saturated rings. The molecular formula is C25H30ClN3O4S. The van der Waals surface area contributed by atoms with Crippen molar-refractivity contribution in [1.82, 2.24) is 4.72 Å². The lowest BCUT2D eigenvalue weighted by molar-refractivity contribution is 0.0981. The molecule has 7 nitrogen and oxygen atoms in total. The Kier molecular flexibility index (Phi) is 6.02. The van der Waals surface area contributed by atoms with Crippen molar-refractivity contribution in [1.29, 1.82) is 0 Å². The normalized spacial score (nSPS) is 22.0. The Morgan fingerprint density at radius 2 is 1.88 bits per heavy atom. The van der Waals surface area contributed by atoms with E-state index in [1.165, 1.54) is 0 Å². The fraction of sp³-hybridized carbons (Fsp3) is 0.480. The molecule has 9 heteroatoms. The molecular weight excluding hydrogens is 474 g/mol. The van der Waals surface area contributed by atoms with Gasteiger partial charge in [0.15, 0.2) is 0 Å². The zero-order valence-corrected chi connectivity index (χ0v) is 21.0. The molecule has 1 atom stereocenters. The van der Waals surface area contributed by atoms with Crippen molar-refractivity contribution in [3.8, 4) is 0 Å². The summed E-state index contributed by atoms with van der Waals surface area (Å²) < 4.78 is 32.1. The lowest BCUT2D eigenvalue weighted by Gasteiger charge is -2.40. The molecule has 1 amide bonds. The lowest BCUT2D eigenvalue weighted by Crippen LogP contribution is -2.36. The van der Waals surface area contributed by atoms with Crippen molar-refractivity contribution in [3.05, 3.63) is 58.1 Å². The molecule has 0 aromatic heterocycles. The second-order valence-corrected chi connectivity index (χ2v) is 12.4. The highest BCUT2D eigenvalue weighted by molar-refractivity contribution is 7.91. The number of carbonyl (C=O) groups excluding carboxylic acids is 1. The molecule has 1 saturated carbocycles. The van der Waals surface area contributed by atoms with E-state index in [0.29, 0.717) is 18.4 Å². The Labute approximate surface area is 205 Å². The topological polar surface area (TPSA) is 87.7 Å². The number of sulfonamides is 1. The fourth-order valence-electron chi connectivity index (χ4n) is 4.88. The number of ether oxygens (including phenoxy) is 1. The average Bonchev–Trinajstić information content (AvgIpc) is 3.65. The fourth-order valence-corrected chi connectivity index (χ4v) is 6.43. The van der Waals surface area contributed by atoms with Crippen LogP contribution in [0.4, 0.5) is 11.4 Å². The van der Waals surface area contributed by atoms with Crippen LogP contribution in [0.1, 0.15) is 60.6 Å². The van der Waals surface area contributed by atoms with Crippen molar-refractivity contribution in [2.75, 3.05) is 36.5 Å². The van der Waals surface area contributed by atoms with Gasteiger partial charge in [-0.1, -0.05) is 25.4 Å². The summed E-state index contributed by atoms with van der Waals surface area (Å²) >= 11 is 6.65. The quantitative estimate of drug-likeness (QED) is 0.634. The molecule has 0 radical (unpaired) electrons. The predicted octanol–water partition coefficient (Wildman–Crippen LogP) is 4.23. The van der Waals surface area contributed by atoms with Crippen LogP contribution in [0.2, 0.25) is 5.02 Å². The van der Waals surface area contributed by atoms with Gasteiger partial charge >= 0.3 is 0 Å². The van der Waals surface area contributed by atoms with Crippen molar-refractivity contribution < 1.29 is 17.9 Å². The van der Waals surface area contributed by atoms with Crippen LogP contribution in [0, 0.1) is 0 Å². The number of nitrogens with zero attached hydrogens (tertiary/aromatic N) is 1. The summed E-state index contributed by atoms with van der Waals surface area (Å²) in [5.74, 6) is -0.575. The molecule has 1 unspecified atom stereocenters. The molecule has 1 aliphatic carbocycles. The number of morpholine rings is 1. The van der Waals surface area contributed by atoms with E-state index in [1.807, 2.05) is 18.2 Å². The van der Waals surface area contributed by atoms with Crippen LogP contribution in [0.3, 0.4) is 0 Å². The molecule has 2 heterocycles. The highest BCUT2D eigenvalue weighted by Crippen LogP contribution is 2.46. The SMILES string of the molecule is CC1(C)CC(c2cc(N3CCOCC3)ccc2Cl)Nc2ccc(C(=O)NS(=O)(=O)C3CC3)cc21. The van der Waals surface area contributed by atoms with Crippen LogP contribution < -0.4 is 14.9 Å². The third-order valence-electron chi connectivity index (χ3n) is 6.98. The first-order valence-corrected chi connectivity index (χ1v) is 13.7. The monoisotopic (exact) mass is 503 g/mol. The maximum atomic E-state index is 12.7. The number of hydrogen-bond acceptors (Lipinski definition) is 6. The van der Waals surface area contributed by atoms with Gasteiger partial charge < -0.3 is 15.0 Å². The maximum Gasteiger partial charge on any atom is 0.264 e. The van der Waals surface area contributed by atoms with E-state index in [-0.39, 0.29) is 11.5 Å². The average molecular weight is 504 g/mol. The molecule has 1 saturated heterocycles. The predicted molar refractivity (Wildman–Crippen MR) is 134 cm³/mol. The number of fused-ring (bicyclic) bond motifs is 1. The maximum absolute atomic E-state index is 12.7. The van der Waals surface area contributed by atoms with E-state index >= 15 is 0 Å². The van der Waals surface area contributed by atoms with Gasteiger partial charge in [0.1, 0.15) is 0 Å². The van der Waals surface area contributed by atoms with Gasteiger partial charge in [-0.25, -0.2) is 13.1 Å². The van der Waals surface area contributed by atoms with Crippen LogP contribution in [0.25, 0.3) is 0 Å². The molecule has 2 aromatic rings. The molecule has 5 rings (SSSR count). The highest BCUT2D eigenvalue weighted by Gasteiger charge is 2.38. The molecule has 0 spiro atoms. The van der Waals surface area contributed by atoms with Crippen molar-refractivity contribution in [2.45, 2.75) is 49.8 Å². The summed E-state index contributed by atoms with van der Waals surface area (Å²) in [4.78, 5) is 15.0. The first-order chi connectivity index (χ1) is 16.1. The number of rotatable bonds is 5. The zero-order chi connectivity index (χ0) is 24.1. The summed E-state index contributed by atoms with van der Waals surface area (Å²) in [6.07, 6.45) is 2.00. The van der Waals surface area contributed by atoms with E-state index in [9.17, 15) is 13.2 Å². The standard InChI is InChI=1S/C25H30ClN3O4S/c1-25(2)15-23(19-14-17(4-7-21(19)26)29-9-11-33-12-10-29)27-22-8-3-16(13-20(22)25)24(30)28-34(31,32)18-5-6-18/h3-4,7-8,13-14,18,23,27H,5-6,9-12,15H2,1-2H3,(H,28,30). The largest absolute Gasteiger partial charge is 0.378 e. The van der Waals surface area contributed by atoms with Crippen molar-refractivity contribution in [3.63, 3.8) is 0 Å². The van der Waals surface area contributed by atoms with Gasteiger partial charge in [-0.3, -0.25) is 4.79 Å². The van der Waals surface area contributed by atoms with E-state index in [2.05, 4.69) is 40.9 Å². The van der Waals surface area contributed by atoms with E-state index in [1.54, 1.807) is 6.07 Å². The van der Waals surface area contributed by atoms with E-state index < -0.39 is 21.2 Å². The Hall–Kier alpha value is -2.29. The number of halogens is 1. The third kappa shape index (κ3) is 4.63. The summed E-state index contributed by atoms with van der Waals surface area (Å²) in [5.41, 5.74) is 4.19. The third-order valence-corrected chi connectivity index (χ3v) is 9.15. The van der Waals surface area contributed by atoms with Crippen LogP contribution in [0.5, 0.6) is 0 Å². The van der Waals surface area contributed by atoms with Gasteiger partial charge in [-0.2, -0.15) is 0 Å². The molecule has 3 aliphatic rings. The minimum absolute atomic E-state index is 0.00547. The summed E-state index contributed by atoms with van der Waals surface area (Å²) in [7, 11) is -3.59. The Morgan fingerprint density at radius 3 is 2.59 bits per heavy atom. The van der Waals surface area contributed by atoms with Crippen LogP contribution in [-0.2, 0) is 20.2 Å². The molecule has 2 aliphatic heterocycles. The van der Waals surface area contributed by atoms with Gasteiger partial charge in [0, 0.05) is 35.1 Å². The van der Waals surface area contributed by atoms with Gasteiger partial charge in [0.05, 0.1) is 24.5 Å². The van der Waals surface area contributed by atoms with E-state index in [4.69, 9.17) is 16.3 Å². The summed E-state index contributed by atoms with van der Waals surface area (Å²) in [6, 6.07) is 11.5. The number of carbonyl (C=O) groups is 1. The Bertz CT molecular complexity index is 1220. The molecule has 0 bridgehead atoms. The molecule has 2 N–H and O–H groups in total. The number of amides is 1. The first-order valence-electron chi connectivity index (χ1n) is 11.7. The molecule has 34 heavy (non-hydrogen) atoms. The number of hydrogen-bond donors (Lipinski definition) is 2. The Morgan fingerprint density at radius 1 is 1.15 bits per heavy atom. The van der Waals surface area contributed by atoms with Gasteiger partial charge in [-0.05, 0) is 72.2 Å². The second kappa shape index (κ2) is 8.73.